The first-order valence-electron chi connectivity index (χ1n) is 7.79. The Morgan fingerprint density at radius 1 is 1.45 bits per heavy atom. The van der Waals surface area contributed by atoms with Crippen molar-refractivity contribution >= 4 is 11.9 Å². The maximum absolute atomic E-state index is 12.8. The number of piperidine rings is 1. The van der Waals surface area contributed by atoms with Crippen molar-refractivity contribution in [1.82, 2.24) is 10.2 Å². The average molecular weight is 282 g/mol. The number of likely N-dealkylation sites (tertiary alicyclic amines) is 1. The molecule has 1 amide bonds. The third-order valence-corrected chi connectivity index (χ3v) is 4.95. The molecule has 0 spiro atoms. The molecule has 2 saturated heterocycles. The van der Waals surface area contributed by atoms with E-state index in [-0.39, 0.29) is 17.7 Å². The molecule has 0 saturated carbocycles. The molecule has 2 atom stereocenters. The Bertz CT molecular complexity index is 364. The lowest BCUT2D eigenvalue weighted by Gasteiger charge is -2.38. The number of nitrogens with zero attached hydrogens (tertiary/aromatic N) is 1. The predicted octanol–water partition coefficient (Wildman–Crippen LogP) is 1.48. The number of hydrogen-bond donors (Lipinski definition) is 2. The summed E-state index contributed by atoms with van der Waals surface area (Å²) in [5.74, 6) is -0.101. The third kappa shape index (κ3) is 3.32. The van der Waals surface area contributed by atoms with Gasteiger partial charge in [-0.2, -0.15) is 0 Å². The number of hydrogen-bond acceptors (Lipinski definition) is 3. The van der Waals surface area contributed by atoms with Crippen LogP contribution < -0.4 is 5.32 Å². The van der Waals surface area contributed by atoms with E-state index in [0.717, 1.165) is 51.9 Å². The van der Waals surface area contributed by atoms with Crippen molar-refractivity contribution in [2.75, 3.05) is 26.2 Å². The Balaban J connectivity index is 1.94. The number of carbonyl (C=O) groups excluding carboxylic acids is 1. The van der Waals surface area contributed by atoms with Crippen LogP contribution in [0.2, 0.25) is 0 Å². The minimum absolute atomic E-state index is 0.214. The second-order valence-corrected chi connectivity index (χ2v) is 6.25. The van der Waals surface area contributed by atoms with Crippen LogP contribution in [-0.4, -0.2) is 48.1 Å². The van der Waals surface area contributed by atoms with E-state index >= 15 is 0 Å². The summed E-state index contributed by atoms with van der Waals surface area (Å²) in [6, 6.07) is 0. The SMILES string of the molecule is CCC1(C(=O)N2CCCC(CCC(=O)O)C2)CCNC1. The standard InChI is InChI=1S/C15H26N2O3/c1-2-15(7-8-16-11-15)14(20)17-9-3-4-12(10-17)5-6-13(18)19/h12,16H,2-11H2,1H3,(H,18,19). The minimum atomic E-state index is -0.738. The highest BCUT2D eigenvalue weighted by Crippen LogP contribution is 2.33. The van der Waals surface area contributed by atoms with Gasteiger partial charge in [-0.3, -0.25) is 9.59 Å². The molecule has 5 nitrogen and oxygen atoms in total. The zero-order chi connectivity index (χ0) is 14.6. The lowest BCUT2D eigenvalue weighted by Crippen LogP contribution is -2.49. The van der Waals surface area contributed by atoms with Crippen LogP contribution in [0.25, 0.3) is 0 Å². The highest BCUT2D eigenvalue weighted by Gasteiger charge is 2.42. The van der Waals surface area contributed by atoms with Crippen LogP contribution in [0.3, 0.4) is 0 Å². The van der Waals surface area contributed by atoms with Crippen LogP contribution in [0, 0.1) is 11.3 Å². The van der Waals surface area contributed by atoms with E-state index < -0.39 is 5.97 Å². The molecule has 0 aliphatic carbocycles. The molecular weight excluding hydrogens is 256 g/mol. The van der Waals surface area contributed by atoms with Gasteiger partial charge in [-0.05, 0) is 44.6 Å². The second-order valence-electron chi connectivity index (χ2n) is 6.25. The smallest absolute Gasteiger partial charge is 0.303 e. The molecule has 0 aromatic carbocycles. The number of carboxylic acid groups (broad SMARTS) is 1. The number of rotatable bonds is 5. The summed E-state index contributed by atoms with van der Waals surface area (Å²) in [7, 11) is 0. The minimum Gasteiger partial charge on any atom is -0.481 e. The van der Waals surface area contributed by atoms with Gasteiger partial charge in [0.1, 0.15) is 0 Å². The lowest BCUT2D eigenvalue weighted by molar-refractivity contribution is -0.143. The molecule has 2 N–H and O–H groups in total. The number of aliphatic carboxylic acids is 1. The number of amides is 1. The van der Waals surface area contributed by atoms with Gasteiger partial charge in [0.2, 0.25) is 5.91 Å². The van der Waals surface area contributed by atoms with Crippen molar-refractivity contribution in [2.45, 2.75) is 45.4 Å². The molecule has 0 aromatic heterocycles. The van der Waals surface area contributed by atoms with Crippen molar-refractivity contribution in [2.24, 2.45) is 11.3 Å². The van der Waals surface area contributed by atoms with E-state index in [1.807, 2.05) is 4.90 Å². The molecule has 114 valence electrons. The largest absolute Gasteiger partial charge is 0.481 e. The Morgan fingerprint density at radius 2 is 2.25 bits per heavy atom. The fourth-order valence-corrected chi connectivity index (χ4v) is 3.53. The molecule has 20 heavy (non-hydrogen) atoms. The number of carboxylic acids is 1. The fourth-order valence-electron chi connectivity index (χ4n) is 3.53. The second kappa shape index (κ2) is 6.57. The molecule has 0 bridgehead atoms. The average Bonchev–Trinajstić information content (AvgIpc) is 2.94. The Morgan fingerprint density at radius 3 is 2.85 bits per heavy atom. The van der Waals surface area contributed by atoms with E-state index in [1.165, 1.54) is 0 Å². The zero-order valence-corrected chi connectivity index (χ0v) is 12.4. The Labute approximate surface area is 120 Å². The number of carbonyl (C=O) groups is 2. The molecular formula is C15H26N2O3. The Kier molecular flexibility index (Phi) is 5.02. The van der Waals surface area contributed by atoms with E-state index in [2.05, 4.69) is 12.2 Å². The quantitative estimate of drug-likeness (QED) is 0.801. The van der Waals surface area contributed by atoms with Gasteiger partial charge >= 0.3 is 5.97 Å². The van der Waals surface area contributed by atoms with E-state index in [4.69, 9.17) is 5.11 Å². The maximum atomic E-state index is 12.8. The summed E-state index contributed by atoms with van der Waals surface area (Å²) in [6.45, 7) is 5.39. The van der Waals surface area contributed by atoms with Crippen molar-refractivity contribution in [1.29, 1.82) is 0 Å². The predicted molar refractivity (Wildman–Crippen MR) is 76.4 cm³/mol. The molecule has 0 aromatic rings. The Hall–Kier alpha value is -1.10. The topological polar surface area (TPSA) is 69.6 Å². The van der Waals surface area contributed by atoms with Crippen LogP contribution in [0.15, 0.2) is 0 Å². The van der Waals surface area contributed by atoms with Crippen LogP contribution in [-0.2, 0) is 9.59 Å². The van der Waals surface area contributed by atoms with Crippen LogP contribution in [0.1, 0.15) is 45.4 Å². The summed E-state index contributed by atoms with van der Waals surface area (Å²) >= 11 is 0. The van der Waals surface area contributed by atoms with Gasteiger partial charge in [-0.25, -0.2) is 0 Å². The third-order valence-electron chi connectivity index (χ3n) is 4.95. The van der Waals surface area contributed by atoms with Crippen molar-refractivity contribution in [3.05, 3.63) is 0 Å². The molecule has 5 heteroatoms. The summed E-state index contributed by atoms with van der Waals surface area (Å²) in [5, 5.41) is 12.1. The highest BCUT2D eigenvalue weighted by molar-refractivity contribution is 5.83. The zero-order valence-electron chi connectivity index (χ0n) is 12.4. The summed E-state index contributed by atoms with van der Waals surface area (Å²) in [6.07, 6.45) is 4.77. The summed E-state index contributed by atoms with van der Waals surface area (Å²) < 4.78 is 0. The monoisotopic (exact) mass is 282 g/mol. The first kappa shape index (κ1) is 15.3. The fraction of sp³-hybridized carbons (Fsp3) is 0.867. The molecule has 2 heterocycles. The summed E-state index contributed by atoms with van der Waals surface area (Å²) in [5.41, 5.74) is -0.214. The molecule has 2 rings (SSSR count). The highest BCUT2D eigenvalue weighted by atomic mass is 16.4. The van der Waals surface area contributed by atoms with E-state index in [9.17, 15) is 9.59 Å². The van der Waals surface area contributed by atoms with Gasteiger partial charge in [0.25, 0.3) is 0 Å². The van der Waals surface area contributed by atoms with Crippen molar-refractivity contribution in [3.63, 3.8) is 0 Å². The molecule has 2 fully saturated rings. The van der Waals surface area contributed by atoms with Gasteiger partial charge in [0.05, 0.1) is 5.41 Å². The summed E-state index contributed by atoms with van der Waals surface area (Å²) in [4.78, 5) is 25.5. The van der Waals surface area contributed by atoms with Crippen molar-refractivity contribution < 1.29 is 14.7 Å². The van der Waals surface area contributed by atoms with Crippen molar-refractivity contribution in [3.8, 4) is 0 Å². The van der Waals surface area contributed by atoms with Gasteiger partial charge in [0, 0.05) is 26.1 Å². The maximum Gasteiger partial charge on any atom is 0.303 e. The molecule has 2 unspecified atom stereocenters. The van der Waals surface area contributed by atoms with Gasteiger partial charge in [-0.1, -0.05) is 6.92 Å². The first-order valence-corrected chi connectivity index (χ1v) is 7.79. The van der Waals surface area contributed by atoms with E-state index in [0.29, 0.717) is 12.3 Å². The van der Waals surface area contributed by atoms with Gasteiger partial charge in [0.15, 0.2) is 0 Å². The van der Waals surface area contributed by atoms with Crippen LogP contribution in [0.4, 0.5) is 0 Å². The molecule has 0 radical (unpaired) electrons. The first-order chi connectivity index (χ1) is 9.57. The van der Waals surface area contributed by atoms with Gasteiger partial charge < -0.3 is 15.3 Å². The molecule has 2 aliphatic heterocycles. The van der Waals surface area contributed by atoms with Crippen LogP contribution >= 0.6 is 0 Å². The molecule has 2 aliphatic rings. The van der Waals surface area contributed by atoms with E-state index in [1.54, 1.807) is 0 Å². The lowest BCUT2D eigenvalue weighted by atomic mass is 9.81. The van der Waals surface area contributed by atoms with Crippen LogP contribution in [0.5, 0.6) is 0 Å². The van der Waals surface area contributed by atoms with Gasteiger partial charge in [-0.15, -0.1) is 0 Å². The number of nitrogens with one attached hydrogen (secondary N) is 1. The normalized spacial score (nSPS) is 30.4.